The standard InChI is InChI=1S/C16H20BrN5O/c1-21-9-4-5-12(8-10-21)18-16(23)14-11-22(20-19-14)15-7-3-2-6-13(15)17/h2-3,6-7,11-12H,4-5,8-10H2,1H3,(H,18,23). The van der Waals surface area contributed by atoms with E-state index in [0.29, 0.717) is 5.69 Å². The number of halogens is 1. The summed E-state index contributed by atoms with van der Waals surface area (Å²) < 4.78 is 2.52. The number of benzene rings is 1. The smallest absolute Gasteiger partial charge is 0.273 e. The van der Waals surface area contributed by atoms with Crippen LogP contribution in [0.25, 0.3) is 5.69 Å². The predicted molar refractivity (Wildman–Crippen MR) is 91.7 cm³/mol. The molecule has 0 aliphatic carbocycles. The Hall–Kier alpha value is -1.73. The van der Waals surface area contributed by atoms with Gasteiger partial charge in [0.25, 0.3) is 5.91 Å². The first-order valence-corrected chi connectivity index (χ1v) is 8.59. The van der Waals surface area contributed by atoms with E-state index in [4.69, 9.17) is 0 Å². The summed E-state index contributed by atoms with van der Waals surface area (Å²) in [6.07, 6.45) is 4.75. The van der Waals surface area contributed by atoms with E-state index in [2.05, 4.69) is 43.5 Å². The Morgan fingerprint density at radius 2 is 2.13 bits per heavy atom. The van der Waals surface area contributed by atoms with Crippen molar-refractivity contribution in [1.82, 2.24) is 25.2 Å². The van der Waals surface area contributed by atoms with Crippen LogP contribution in [0.4, 0.5) is 0 Å². The van der Waals surface area contributed by atoms with Crippen LogP contribution >= 0.6 is 15.9 Å². The van der Waals surface area contributed by atoms with Gasteiger partial charge in [-0.25, -0.2) is 4.68 Å². The van der Waals surface area contributed by atoms with Gasteiger partial charge in [-0.05, 0) is 67.5 Å². The maximum absolute atomic E-state index is 12.4. The zero-order chi connectivity index (χ0) is 16.2. The van der Waals surface area contributed by atoms with Gasteiger partial charge in [0.05, 0.1) is 11.9 Å². The molecule has 1 atom stereocenters. The molecule has 1 N–H and O–H groups in total. The van der Waals surface area contributed by atoms with E-state index >= 15 is 0 Å². The SMILES string of the molecule is CN1CCCC(NC(=O)c2cn(-c3ccccc3Br)nn2)CC1. The minimum atomic E-state index is -0.155. The molecule has 1 aromatic carbocycles. The van der Waals surface area contributed by atoms with Crippen LogP contribution in [0.1, 0.15) is 29.8 Å². The molecule has 1 unspecified atom stereocenters. The van der Waals surface area contributed by atoms with Gasteiger partial charge in [-0.15, -0.1) is 5.10 Å². The molecule has 2 aromatic rings. The van der Waals surface area contributed by atoms with Crippen molar-refractivity contribution in [3.05, 3.63) is 40.6 Å². The van der Waals surface area contributed by atoms with Crippen molar-refractivity contribution in [2.24, 2.45) is 0 Å². The van der Waals surface area contributed by atoms with Gasteiger partial charge in [0.2, 0.25) is 0 Å². The Morgan fingerprint density at radius 3 is 2.96 bits per heavy atom. The molecule has 23 heavy (non-hydrogen) atoms. The van der Waals surface area contributed by atoms with Gasteiger partial charge in [0.15, 0.2) is 5.69 Å². The van der Waals surface area contributed by atoms with Gasteiger partial charge in [-0.1, -0.05) is 17.3 Å². The fourth-order valence-corrected chi connectivity index (χ4v) is 3.23. The number of hydrogen-bond acceptors (Lipinski definition) is 4. The maximum atomic E-state index is 12.4. The van der Waals surface area contributed by atoms with Gasteiger partial charge >= 0.3 is 0 Å². The largest absolute Gasteiger partial charge is 0.348 e. The summed E-state index contributed by atoms with van der Waals surface area (Å²) in [5, 5.41) is 11.1. The Labute approximate surface area is 144 Å². The molecule has 0 saturated carbocycles. The quantitative estimate of drug-likeness (QED) is 0.890. The van der Waals surface area contributed by atoms with Gasteiger partial charge in [-0.2, -0.15) is 0 Å². The molecule has 1 amide bonds. The van der Waals surface area contributed by atoms with E-state index in [0.717, 1.165) is 42.5 Å². The molecule has 1 aromatic heterocycles. The monoisotopic (exact) mass is 377 g/mol. The predicted octanol–water partition coefficient (Wildman–Crippen LogP) is 2.24. The Kier molecular flexibility index (Phi) is 5.07. The normalized spacial score (nSPS) is 19.3. The van der Waals surface area contributed by atoms with Crippen LogP contribution < -0.4 is 5.32 Å². The minimum Gasteiger partial charge on any atom is -0.348 e. The van der Waals surface area contributed by atoms with Crippen molar-refractivity contribution in [3.63, 3.8) is 0 Å². The molecule has 0 bridgehead atoms. The number of carbonyl (C=O) groups is 1. The molecule has 1 aliphatic rings. The van der Waals surface area contributed by atoms with Crippen molar-refractivity contribution in [3.8, 4) is 5.69 Å². The van der Waals surface area contributed by atoms with Crippen LogP contribution in [0.3, 0.4) is 0 Å². The van der Waals surface area contributed by atoms with Gasteiger partial charge < -0.3 is 10.2 Å². The van der Waals surface area contributed by atoms with Crippen molar-refractivity contribution < 1.29 is 4.79 Å². The Balaban J connectivity index is 1.68. The Bertz CT molecular complexity index is 687. The van der Waals surface area contributed by atoms with Crippen molar-refractivity contribution in [2.45, 2.75) is 25.3 Å². The average molecular weight is 378 g/mol. The first-order chi connectivity index (χ1) is 11.1. The van der Waals surface area contributed by atoms with Crippen LogP contribution in [0.2, 0.25) is 0 Å². The van der Waals surface area contributed by atoms with Crippen LogP contribution in [-0.4, -0.2) is 52.0 Å². The third-order valence-corrected chi connectivity index (χ3v) is 4.78. The molecule has 1 aliphatic heterocycles. The first kappa shape index (κ1) is 16.1. The molecule has 3 rings (SSSR count). The van der Waals surface area contributed by atoms with E-state index in [1.807, 2.05) is 24.3 Å². The van der Waals surface area contributed by atoms with Crippen LogP contribution in [0, 0.1) is 0 Å². The van der Waals surface area contributed by atoms with E-state index in [-0.39, 0.29) is 11.9 Å². The second-order valence-corrected chi connectivity index (χ2v) is 6.76. The minimum absolute atomic E-state index is 0.155. The number of hydrogen-bond donors (Lipinski definition) is 1. The van der Waals surface area contributed by atoms with Gasteiger partial charge in [0, 0.05) is 10.5 Å². The molecule has 122 valence electrons. The highest BCUT2D eigenvalue weighted by atomic mass is 79.9. The topological polar surface area (TPSA) is 63.1 Å². The zero-order valence-electron chi connectivity index (χ0n) is 13.1. The lowest BCUT2D eigenvalue weighted by molar-refractivity contribution is 0.0928. The average Bonchev–Trinajstić information content (AvgIpc) is 2.94. The molecule has 1 saturated heterocycles. The van der Waals surface area contributed by atoms with Crippen molar-refractivity contribution >= 4 is 21.8 Å². The van der Waals surface area contributed by atoms with Crippen LogP contribution in [0.5, 0.6) is 0 Å². The fraction of sp³-hybridized carbons (Fsp3) is 0.438. The summed E-state index contributed by atoms with van der Waals surface area (Å²) in [7, 11) is 2.12. The second kappa shape index (κ2) is 7.23. The lowest BCUT2D eigenvalue weighted by Gasteiger charge is -2.15. The number of rotatable bonds is 3. The summed E-state index contributed by atoms with van der Waals surface area (Å²) in [4.78, 5) is 14.7. The lowest BCUT2D eigenvalue weighted by Crippen LogP contribution is -2.35. The fourth-order valence-electron chi connectivity index (χ4n) is 2.77. The third-order valence-electron chi connectivity index (χ3n) is 4.11. The molecular weight excluding hydrogens is 358 g/mol. The number of aromatic nitrogens is 3. The highest BCUT2D eigenvalue weighted by Crippen LogP contribution is 2.19. The number of amides is 1. The van der Waals surface area contributed by atoms with E-state index in [1.54, 1.807) is 10.9 Å². The number of carbonyl (C=O) groups excluding carboxylic acids is 1. The van der Waals surface area contributed by atoms with Crippen LogP contribution in [0.15, 0.2) is 34.9 Å². The molecule has 0 radical (unpaired) electrons. The van der Waals surface area contributed by atoms with Crippen LogP contribution in [-0.2, 0) is 0 Å². The molecular formula is C16H20BrN5O. The third kappa shape index (κ3) is 3.97. The first-order valence-electron chi connectivity index (χ1n) is 7.80. The highest BCUT2D eigenvalue weighted by Gasteiger charge is 2.19. The van der Waals surface area contributed by atoms with E-state index in [9.17, 15) is 4.79 Å². The zero-order valence-corrected chi connectivity index (χ0v) is 14.7. The number of nitrogens with zero attached hydrogens (tertiary/aromatic N) is 4. The maximum Gasteiger partial charge on any atom is 0.273 e. The summed E-state index contributed by atoms with van der Waals surface area (Å²) >= 11 is 3.48. The number of likely N-dealkylation sites (tertiary alicyclic amines) is 1. The molecule has 1 fully saturated rings. The number of nitrogens with one attached hydrogen (secondary N) is 1. The molecule has 0 spiro atoms. The van der Waals surface area contributed by atoms with E-state index < -0.39 is 0 Å². The summed E-state index contributed by atoms with van der Waals surface area (Å²) in [6, 6.07) is 7.91. The summed E-state index contributed by atoms with van der Waals surface area (Å²) in [6.45, 7) is 2.10. The van der Waals surface area contributed by atoms with Crippen molar-refractivity contribution in [1.29, 1.82) is 0 Å². The number of para-hydroxylation sites is 1. The molecule has 7 heteroatoms. The van der Waals surface area contributed by atoms with Crippen molar-refractivity contribution in [2.75, 3.05) is 20.1 Å². The van der Waals surface area contributed by atoms with Gasteiger partial charge in [-0.3, -0.25) is 4.79 Å². The molecule has 2 heterocycles. The molecule has 6 nitrogen and oxygen atoms in total. The van der Waals surface area contributed by atoms with E-state index in [1.165, 1.54) is 0 Å². The highest BCUT2D eigenvalue weighted by molar-refractivity contribution is 9.10. The summed E-state index contributed by atoms with van der Waals surface area (Å²) in [5.41, 5.74) is 1.20. The summed E-state index contributed by atoms with van der Waals surface area (Å²) in [5.74, 6) is -0.155. The van der Waals surface area contributed by atoms with Gasteiger partial charge in [0.1, 0.15) is 0 Å². The lowest BCUT2D eigenvalue weighted by atomic mass is 10.1. The second-order valence-electron chi connectivity index (χ2n) is 5.90. The Morgan fingerprint density at radius 1 is 1.30 bits per heavy atom.